The summed E-state index contributed by atoms with van der Waals surface area (Å²) in [4.78, 5) is 26.5. The first kappa shape index (κ1) is 15.8. The van der Waals surface area contributed by atoms with Crippen molar-refractivity contribution in [3.8, 4) is 16.3 Å². The molecule has 0 atom stereocenters. The van der Waals surface area contributed by atoms with E-state index < -0.39 is 10.9 Å². The maximum absolute atomic E-state index is 12.1. The van der Waals surface area contributed by atoms with E-state index in [1.807, 2.05) is 31.2 Å². The summed E-state index contributed by atoms with van der Waals surface area (Å²) >= 11 is 1.35. The van der Waals surface area contributed by atoms with Crippen molar-refractivity contribution in [1.29, 1.82) is 0 Å². The molecule has 0 saturated heterocycles. The monoisotopic (exact) mass is 340 g/mol. The normalized spacial score (nSPS) is 10.4. The van der Waals surface area contributed by atoms with Crippen LogP contribution in [0.3, 0.4) is 0 Å². The predicted molar refractivity (Wildman–Crippen MR) is 90.3 cm³/mol. The molecule has 3 rings (SSSR count). The van der Waals surface area contributed by atoms with Crippen molar-refractivity contribution in [2.24, 2.45) is 0 Å². The number of nitrogens with zero attached hydrogens (tertiary/aromatic N) is 2. The summed E-state index contributed by atoms with van der Waals surface area (Å²) in [6, 6.07) is 13.2. The molecule has 6 nitrogen and oxygen atoms in total. The summed E-state index contributed by atoms with van der Waals surface area (Å²) in [6.07, 6.45) is 0. The Kier molecular flexibility index (Phi) is 4.35. The van der Waals surface area contributed by atoms with Gasteiger partial charge in [-0.05, 0) is 19.1 Å². The molecule has 1 heterocycles. The lowest BCUT2D eigenvalue weighted by Crippen LogP contribution is -2.08. The highest BCUT2D eigenvalue weighted by Crippen LogP contribution is 2.25. The Morgan fingerprint density at radius 1 is 1.12 bits per heavy atom. The molecule has 24 heavy (non-hydrogen) atoms. The number of carbonyl (C=O) groups excluding carboxylic acids is 1. The predicted octanol–water partition coefficient (Wildman–Crippen LogP) is 4.25. The number of aromatic nitrogens is 1. The number of benzene rings is 2. The van der Waals surface area contributed by atoms with Gasteiger partial charge in [0.1, 0.15) is 10.8 Å². The van der Waals surface area contributed by atoms with Crippen LogP contribution in [0, 0.1) is 17.0 Å². The van der Waals surface area contributed by atoms with E-state index in [9.17, 15) is 14.9 Å². The minimum Gasteiger partial charge on any atom is -0.422 e. The minimum absolute atomic E-state index is 0.0647. The molecule has 0 amide bonds. The van der Waals surface area contributed by atoms with Crippen LogP contribution in [0.25, 0.3) is 10.6 Å². The smallest absolute Gasteiger partial charge is 0.363 e. The molecule has 0 aliphatic carbocycles. The van der Waals surface area contributed by atoms with Crippen molar-refractivity contribution in [3.05, 3.63) is 75.3 Å². The van der Waals surface area contributed by atoms with E-state index in [-0.39, 0.29) is 17.1 Å². The number of hydrogen-bond acceptors (Lipinski definition) is 6. The molecule has 0 N–H and O–H groups in total. The van der Waals surface area contributed by atoms with Crippen LogP contribution >= 0.6 is 11.3 Å². The summed E-state index contributed by atoms with van der Waals surface area (Å²) in [5.41, 5.74) is 2.21. The molecule has 2 aromatic carbocycles. The lowest BCUT2D eigenvalue weighted by Gasteiger charge is -2.01. The fraction of sp³-hybridized carbons (Fsp3) is 0.0588. The number of nitro benzene ring substituents is 1. The first-order chi connectivity index (χ1) is 11.5. The van der Waals surface area contributed by atoms with E-state index >= 15 is 0 Å². The van der Waals surface area contributed by atoms with Gasteiger partial charge in [0.05, 0.1) is 4.92 Å². The molecule has 0 unspecified atom stereocenters. The van der Waals surface area contributed by atoms with Gasteiger partial charge in [-0.1, -0.05) is 29.8 Å². The largest absolute Gasteiger partial charge is 0.422 e. The fourth-order valence-corrected chi connectivity index (χ4v) is 2.79. The number of non-ortho nitro benzene ring substituents is 1. The van der Waals surface area contributed by atoms with Crippen molar-refractivity contribution >= 4 is 23.0 Å². The third-order valence-electron chi connectivity index (χ3n) is 3.27. The van der Waals surface area contributed by atoms with Crippen molar-refractivity contribution in [3.63, 3.8) is 0 Å². The second kappa shape index (κ2) is 6.59. The molecule has 0 saturated carbocycles. The van der Waals surface area contributed by atoms with E-state index in [0.717, 1.165) is 16.1 Å². The Bertz CT molecular complexity index is 886. The highest BCUT2D eigenvalue weighted by atomic mass is 32.1. The van der Waals surface area contributed by atoms with E-state index in [2.05, 4.69) is 4.98 Å². The van der Waals surface area contributed by atoms with Gasteiger partial charge in [-0.15, -0.1) is 11.3 Å². The number of esters is 1. The summed E-state index contributed by atoms with van der Waals surface area (Å²) in [7, 11) is 0. The van der Waals surface area contributed by atoms with Gasteiger partial charge in [0, 0.05) is 23.1 Å². The summed E-state index contributed by atoms with van der Waals surface area (Å²) in [5, 5.41) is 13.0. The zero-order valence-corrected chi connectivity index (χ0v) is 13.4. The molecule has 0 radical (unpaired) electrons. The van der Waals surface area contributed by atoms with Gasteiger partial charge in [-0.2, -0.15) is 0 Å². The van der Waals surface area contributed by atoms with Crippen molar-refractivity contribution in [1.82, 2.24) is 4.98 Å². The fourth-order valence-electron chi connectivity index (χ4n) is 1.99. The zero-order chi connectivity index (χ0) is 17.1. The Balaban J connectivity index is 1.73. The van der Waals surface area contributed by atoms with Crippen molar-refractivity contribution in [2.75, 3.05) is 0 Å². The molecule has 7 heteroatoms. The average Bonchev–Trinajstić information content (AvgIpc) is 3.06. The second-order valence-corrected chi connectivity index (χ2v) is 5.90. The maximum atomic E-state index is 12.1. The number of carbonyl (C=O) groups is 1. The molecule has 0 spiro atoms. The number of aryl methyl sites for hydroxylation is 1. The molecule has 0 aliphatic heterocycles. The second-order valence-electron chi connectivity index (χ2n) is 5.04. The average molecular weight is 340 g/mol. The molecule has 1 aromatic heterocycles. The lowest BCUT2D eigenvalue weighted by molar-refractivity contribution is -0.384. The SMILES string of the molecule is Cc1ccc(-c2nc(C(=O)Oc3ccc([N+](=O)[O-])cc3)cs2)cc1. The maximum Gasteiger partial charge on any atom is 0.363 e. The first-order valence-electron chi connectivity index (χ1n) is 7.02. The van der Waals surface area contributed by atoms with Crippen LogP contribution in [0.5, 0.6) is 5.75 Å². The van der Waals surface area contributed by atoms with Crippen LogP contribution in [-0.4, -0.2) is 15.9 Å². The third kappa shape index (κ3) is 3.47. The van der Waals surface area contributed by atoms with Gasteiger partial charge < -0.3 is 4.74 Å². The number of ether oxygens (including phenoxy) is 1. The Morgan fingerprint density at radius 2 is 1.79 bits per heavy atom. The molecular weight excluding hydrogens is 328 g/mol. The zero-order valence-electron chi connectivity index (χ0n) is 12.6. The van der Waals surface area contributed by atoms with E-state index in [1.165, 1.54) is 35.6 Å². The van der Waals surface area contributed by atoms with Gasteiger partial charge >= 0.3 is 5.97 Å². The standard InChI is InChI=1S/C17H12N2O4S/c1-11-2-4-12(5-3-11)16-18-15(10-24-16)17(20)23-14-8-6-13(7-9-14)19(21)22/h2-10H,1H3. The Hall–Kier alpha value is -3.06. The van der Waals surface area contributed by atoms with Gasteiger partial charge in [0.15, 0.2) is 5.69 Å². The molecule has 0 aliphatic rings. The van der Waals surface area contributed by atoms with E-state index in [0.29, 0.717) is 0 Å². The molecule has 0 bridgehead atoms. The van der Waals surface area contributed by atoms with Crippen molar-refractivity contribution in [2.45, 2.75) is 6.92 Å². The first-order valence-corrected chi connectivity index (χ1v) is 7.90. The molecule has 120 valence electrons. The van der Waals surface area contributed by atoms with Crippen molar-refractivity contribution < 1.29 is 14.5 Å². The van der Waals surface area contributed by atoms with Crippen LogP contribution < -0.4 is 4.74 Å². The van der Waals surface area contributed by atoms with Gasteiger partial charge in [0.25, 0.3) is 5.69 Å². The number of nitro groups is 1. The topological polar surface area (TPSA) is 82.3 Å². The van der Waals surface area contributed by atoms with Crippen LogP contribution in [0.1, 0.15) is 16.1 Å². The number of hydrogen-bond donors (Lipinski definition) is 0. The van der Waals surface area contributed by atoms with Gasteiger partial charge in [0.2, 0.25) is 0 Å². The summed E-state index contributed by atoms with van der Waals surface area (Å²) in [6.45, 7) is 2.00. The third-order valence-corrected chi connectivity index (χ3v) is 4.16. The Labute approximate surface area is 141 Å². The Morgan fingerprint density at radius 3 is 2.42 bits per heavy atom. The molecular formula is C17H12N2O4S. The van der Waals surface area contributed by atoms with Crippen LogP contribution in [0.15, 0.2) is 53.9 Å². The van der Waals surface area contributed by atoms with E-state index in [1.54, 1.807) is 5.38 Å². The van der Waals surface area contributed by atoms with Gasteiger partial charge in [-0.3, -0.25) is 10.1 Å². The molecule has 3 aromatic rings. The van der Waals surface area contributed by atoms with Crippen LogP contribution in [0.2, 0.25) is 0 Å². The van der Waals surface area contributed by atoms with Crippen LogP contribution in [0.4, 0.5) is 5.69 Å². The lowest BCUT2D eigenvalue weighted by atomic mass is 10.2. The van der Waals surface area contributed by atoms with Gasteiger partial charge in [-0.25, -0.2) is 9.78 Å². The summed E-state index contributed by atoms with van der Waals surface area (Å²) in [5.74, 6) is -0.367. The molecule has 0 fully saturated rings. The highest BCUT2D eigenvalue weighted by Gasteiger charge is 2.15. The number of rotatable bonds is 4. The highest BCUT2D eigenvalue weighted by molar-refractivity contribution is 7.13. The minimum atomic E-state index is -0.599. The quantitative estimate of drug-likeness (QED) is 0.307. The number of thiazole rings is 1. The van der Waals surface area contributed by atoms with E-state index in [4.69, 9.17) is 4.74 Å². The van der Waals surface area contributed by atoms with Crippen LogP contribution in [-0.2, 0) is 0 Å². The summed E-state index contributed by atoms with van der Waals surface area (Å²) < 4.78 is 5.19.